The molecule has 1 rings (SSSR count). The monoisotopic (exact) mass is 243 g/mol. The Hall–Kier alpha value is -1.14. The molecule has 0 aliphatic carbocycles. The van der Waals surface area contributed by atoms with E-state index in [1.807, 2.05) is 13.8 Å². The molecule has 16 heavy (non-hydrogen) atoms. The largest absolute Gasteiger partial charge is 0.448 e. The first-order chi connectivity index (χ1) is 7.50. The van der Waals surface area contributed by atoms with Crippen LogP contribution in [0.5, 0.6) is 0 Å². The predicted molar refractivity (Wildman–Crippen MR) is 63.5 cm³/mol. The van der Waals surface area contributed by atoms with Crippen molar-refractivity contribution in [3.63, 3.8) is 0 Å². The summed E-state index contributed by atoms with van der Waals surface area (Å²) < 4.78 is 4.63. The quantitative estimate of drug-likeness (QED) is 0.768. The number of hydrogen-bond acceptors (Lipinski definition) is 5. The highest BCUT2D eigenvalue weighted by molar-refractivity contribution is 7.11. The summed E-state index contributed by atoms with van der Waals surface area (Å²) in [4.78, 5) is 15.9. The molecule has 0 aliphatic rings. The van der Waals surface area contributed by atoms with E-state index < -0.39 is 6.09 Å². The highest BCUT2D eigenvalue weighted by atomic mass is 32.1. The summed E-state index contributed by atoms with van der Waals surface area (Å²) in [5.41, 5.74) is 5.91. The third-order valence-corrected chi connectivity index (χ3v) is 3.39. The summed E-state index contributed by atoms with van der Waals surface area (Å²) >= 11 is 1.68. The summed E-state index contributed by atoms with van der Waals surface area (Å²) in [5.74, 6) is 0. The molecule has 0 aromatic carbocycles. The summed E-state index contributed by atoms with van der Waals surface area (Å²) in [7, 11) is 0. The smallest absolute Gasteiger partial charge is 0.404 e. The molecule has 5 nitrogen and oxygen atoms in total. The second kappa shape index (κ2) is 5.81. The van der Waals surface area contributed by atoms with E-state index >= 15 is 0 Å². The van der Waals surface area contributed by atoms with E-state index in [2.05, 4.69) is 22.0 Å². The molecule has 1 atom stereocenters. The van der Waals surface area contributed by atoms with Gasteiger partial charge in [-0.2, -0.15) is 0 Å². The number of carbonyl (C=O) groups is 1. The summed E-state index contributed by atoms with van der Waals surface area (Å²) in [6, 6.07) is 0.211. The zero-order chi connectivity index (χ0) is 12.1. The van der Waals surface area contributed by atoms with Crippen molar-refractivity contribution in [1.29, 1.82) is 0 Å². The minimum atomic E-state index is -0.737. The Morgan fingerprint density at radius 2 is 2.31 bits per heavy atom. The van der Waals surface area contributed by atoms with E-state index in [1.165, 1.54) is 4.88 Å². The van der Waals surface area contributed by atoms with Gasteiger partial charge in [0.15, 0.2) is 0 Å². The van der Waals surface area contributed by atoms with Gasteiger partial charge in [-0.1, -0.05) is 0 Å². The van der Waals surface area contributed by atoms with Crippen LogP contribution < -0.4 is 11.1 Å². The van der Waals surface area contributed by atoms with Gasteiger partial charge >= 0.3 is 6.09 Å². The number of carbonyl (C=O) groups excluding carboxylic acids is 1. The first-order valence-corrected chi connectivity index (χ1v) is 5.92. The normalized spacial score (nSPS) is 12.4. The van der Waals surface area contributed by atoms with Gasteiger partial charge in [-0.3, -0.25) is 0 Å². The maximum absolute atomic E-state index is 10.3. The van der Waals surface area contributed by atoms with Gasteiger partial charge in [0.05, 0.1) is 10.7 Å². The average molecular weight is 243 g/mol. The zero-order valence-corrected chi connectivity index (χ0v) is 10.6. The summed E-state index contributed by atoms with van der Waals surface area (Å²) in [6.07, 6.45) is -0.737. The molecule has 3 N–H and O–H groups in total. The molecule has 1 aromatic heterocycles. The maximum atomic E-state index is 10.3. The number of rotatable bonds is 5. The van der Waals surface area contributed by atoms with Gasteiger partial charge < -0.3 is 15.8 Å². The lowest BCUT2D eigenvalue weighted by Crippen LogP contribution is -2.25. The van der Waals surface area contributed by atoms with E-state index in [0.717, 1.165) is 10.7 Å². The van der Waals surface area contributed by atoms with Crippen molar-refractivity contribution < 1.29 is 9.53 Å². The number of ether oxygens (including phenoxy) is 1. The first-order valence-electron chi connectivity index (χ1n) is 5.10. The molecule has 1 amide bonds. The molecule has 0 bridgehead atoms. The Labute approximate surface area is 99.0 Å². The summed E-state index contributed by atoms with van der Waals surface area (Å²) in [6.45, 7) is 6.92. The Morgan fingerprint density at radius 1 is 1.62 bits per heavy atom. The molecule has 1 unspecified atom stereocenters. The van der Waals surface area contributed by atoms with Gasteiger partial charge in [-0.25, -0.2) is 9.78 Å². The van der Waals surface area contributed by atoms with Gasteiger partial charge in [-0.15, -0.1) is 11.3 Å². The van der Waals surface area contributed by atoms with Crippen molar-refractivity contribution in [2.24, 2.45) is 5.73 Å². The van der Waals surface area contributed by atoms with Crippen molar-refractivity contribution in [1.82, 2.24) is 10.3 Å². The van der Waals surface area contributed by atoms with Gasteiger partial charge in [0.2, 0.25) is 0 Å². The molecular weight excluding hydrogens is 226 g/mol. The molecule has 0 fully saturated rings. The molecule has 0 saturated heterocycles. The van der Waals surface area contributed by atoms with Gasteiger partial charge in [0.25, 0.3) is 0 Å². The Balaban J connectivity index is 2.38. The molecule has 1 aromatic rings. The molecule has 0 spiro atoms. The van der Waals surface area contributed by atoms with Crippen LogP contribution in [0.2, 0.25) is 0 Å². The second-order valence-corrected chi connectivity index (χ2v) is 4.76. The van der Waals surface area contributed by atoms with Crippen LogP contribution in [-0.2, 0) is 4.74 Å². The number of thiazole rings is 1. The Morgan fingerprint density at radius 3 is 2.81 bits per heavy atom. The fourth-order valence-corrected chi connectivity index (χ4v) is 2.42. The first kappa shape index (κ1) is 12.9. The minimum Gasteiger partial charge on any atom is -0.448 e. The number of hydrogen-bond donors (Lipinski definition) is 2. The predicted octanol–water partition coefficient (Wildman–Crippen LogP) is 1.51. The third-order valence-electron chi connectivity index (χ3n) is 2.13. The fraction of sp³-hybridized carbons (Fsp3) is 0.600. The lowest BCUT2D eigenvalue weighted by Gasteiger charge is -2.12. The highest BCUT2D eigenvalue weighted by Gasteiger charge is 2.11. The highest BCUT2D eigenvalue weighted by Crippen LogP contribution is 2.23. The van der Waals surface area contributed by atoms with Crippen LogP contribution in [0, 0.1) is 13.8 Å². The number of aromatic nitrogens is 1. The fourth-order valence-electron chi connectivity index (χ4n) is 1.47. The molecule has 0 aliphatic heterocycles. The number of primary amides is 1. The van der Waals surface area contributed by atoms with Crippen molar-refractivity contribution in [3.8, 4) is 0 Å². The molecule has 90 valence electrons. The van der Waals surface area contributed by atoms with Crippen LogP contribution in [0.25, 0.3) is 0 Å². The number of aryl methyl sites for hydroxylation is 2. The Kier molecular flexibility index (Phi) is 4.70. The molecule has 1 heterocycles. The van der Waals surface area contributed by atoms with Crippen molar-refractivity contribution in [2.75, 3.05) is 13.2 Å². The second-order valence-electron chi connectivity index (χ2n) is 3.53. The minimum absolute atomic E-state index is 0.211. The number of amides is 1. The van der Waals surface area contributed by atoms with Crippen LogP contribution in [0.3, 0.4) is 0 Å². The van der Waals surface area contributed by atoms with Crippen LogP contribution in [0.4, 0.5) is 4.79 Å². The topological polar surface area (TPSA) is 77.2 Å². The SMILES string of the molecule is Cc1nc(C)c(C(C)NCCOC(N)=O)s1. The standard InChI is InChI=1S/C10H17N3O2S/c1-6(12-4-5-15-10(11)14)9-7(2)13-8(3)16-9/h6,12H,4-5H2,1-3H3,(H2,11,14). The van der Waals surface area contributed by atoms with E-state index in [0.29, 0.717) is 6.54 Å². The van der Waals surface area contributed by atoms with E-state index in [4.69, 9.17) is 5.73 Å². The van der Waals surface area contributed by atoms with E-state index in [9.17, 15) is 4.79 Å². The van der Waals surface area contributed by atoms with Gasteiger partial charge in [-0.05, 0) is 20.8 Å². The molecule has 6 heteroatoms. The maximum Gasteiger partial charge on any atom is 0.404 e. The lowest BCUT2D eigenvalue weighted by molar-refractivity contribution is 0.156. The molecule has 0 radical (unpaired) electrons. The molecular formula is C10H17N3O2S. The van der Waals surface area contributed by atoms with Crippen LogP contribution >= 0.6 is 11.3 Å². The van der Waals surface area contributed by atoms with E-state index in [-0.39, 0.29) is 12.6 Å². The van der Waals surface area contributed by atoms with Gasteiger partial charge in [0.1, 0.15) is 6.61 Å². The number of nitrogens with one attached hydrogen (secondary N) is 1. The van der Waals surface area contributed by atoms with Crippen molar-refractivity contribution >= 4 is 17.4 Å². The van der Waals surface area contributed by atoms with Gasteiger partial charge in [0, 0.05) is 17.5 Å². The summed E-state index contributed by atoms with van der Waals surface area (Å²) in [5, 5.41) is 4.31. The Bertz CT molecular complexity index is 365. The number of nitrogens with two attached hydrogens (primary N) is 1. The van der Waals surface area contributed by atoms with Crippen molar-refractivity contribution in [2.45, 2.75) is 26.8 Å². The van der Waals surface area contributed by atoms with Crippen LogP contribution in [-0.4, -0.2) is 24.2 Å². The molecule has 0 saturated carbocycles. The van der Waals surface area contributed by atoms with E-state index in [1.54, 1.807) is 11.3 Å². The lowest BCUT2D eigenvalue weighted by atomic mass is 10.2. The average Bonchev–Trinajstić information content (AvgIpc) is 2.52. The third kappa shape index (κ3) is 3.79. The zero-order valence-electron chi connectivity index (χ0n) is 9.74. The van der Waals surface area contributed by atoms with Crippen LogP contribution in [0.15, 0.2) is 0 Å². The van der Waals surface area contributed by atoms with Crippen molar-refractivity contribution in [3.05, 3.63) is 15.6 Å². The number of nitrogens with zero attached hydrogens (tertiary/aromatic N) is 1. The van der Waals surface area contributed by atoms with Crippen LogP contribution in [0.1, 0.15) is 28.5 Å².